The van der Waals surface area contributed by atoms with Crippen molar-refractivity contribution in [3.63, 3.8) is 0 Å². The van der Waals surface area contributed by atoms with Crippen LogP contribution in [-0.2, 0) is 6.54 Å². The fourth-order valence-electron chi connectivity index (χ4n) is 2.77. The van der Waals surface area contributed by atoms with Crippen LogP contribution >= 0.6 is 15.9 Å². The highest BCUT2D eigenvalue weighted by Gasteiger charge is 2.19. The summed E-state index contributed by atoms with van der Waals surface area (Å²) < 4.78 is 0.970. The molecule has 1 aliphatic heterocycles. The van der Waals surface area contributed by atoms with E-state index in [1.165, 1.54) is 31.4 Å². The van der Waals surface area contributed by atoms with Crippen LogP contribution in [0.25, 0.3) is 0 Å². The molecule has 1 aliphatic rings. The van der Waals surface area contributed by atoms with E-state index < -0.39 is 0 Å². The van der Waals surface area contributed by atoms with Gasteiger partial charge in [0.1, 0.15) is 0 Å². The summed E-state index contributed by atoms with van der Waals surface area (Å²) >= 11 is 3.56. The molecular weight excluding hydrogens is 318 g/mol. The Kier molecular flexibility index (Phi) is 5.57. The highest BCUT2D eigenvalue weighted by atomic mass is 79.9. The zero-order valence-corrected chi connectivity index (χ0v) is 13.4. The molecule has 0 spiro atoms. The van der Waals surface area contributed by atoms with Crippen molar-refractivity contribution in [3.05, 3.63) is 33.8 Å². The number of rotatable bonds is 4. The lowest BCUT2D eigenvalue weighted by molar-refractivity contribution is 0.0953. The monoisotopic (exact) mass is 339 g/mol. The van der Waals surface area contributed by atoms with E-state index >= 15 is 0 Å². The Balaban J connectivity index is 2.04. The van der Waals surface area contributed by atoms with Gasteiger partial charge in [0.25, 0.3) is 5.91 Å². The van der Waals surface area contributed by atoms with Crippen LogP contribution in [0.15, 0.2) is 22.7 Å². The van der Waals surface area contributed by atoms with Crippen molar-refractivity contribution in [1.29, 1.82) is 0 Å². The second kappa shape index (κ2) is 7.20. The van der Waals surface area contributed by atoms with Crippen LogP contribution in [-0.4, -0.2) is 23.9 Å². The average Bonchev–Trinajstić information content (AvgIpc) is 2.48. The number of hydrogen-bond acceptors (Lipinski definition) is 3. The minimum absolute atomic E-state index is 0.263. The summed E-state index contributed by atoms with van der Waals surface area (Å²) in [6.45, 7) is 5.54. The summed E-state index contributed by atoms with van der Waals surface area (Å²) in [7, 11) is 0. The summed E-state index contributed by atoms with van der Waals surface area (Å²) in [4.78, 5) is 14.0. The summed E-state index contributed by atoms with van der Waals surface area (Å²) in [6, 6.07) is 5.66. The van der Waals surface area contributed by atoms with Gasteiger partial charge in [-0.1, -0.05) is 35.3 Å². The summed E-state index contributed by atoms with van der Waals surface area (Å²) in [5.41, 5.74) is 3.95. The number of piperidine rings is 1. The van der Waals surface area contributed by atoms with E-state index in [1.807, 2.05) is 18.2 Å². The number of nitrogens with two attached hydrogens (primary N) is 1. The Labute approximate surface area is 128 Å². The quantitative estimate of drug-likeness (QED) is 0.503. The van der Waals surface area contributed by atoms with Crippen molar-refractivity contribution < 1.29 is 4.79 Å². The maximum absolute atomic E-state index is 11.5. The molecule has 1 heterocycles. The van der Waals surface area contributed by atoms with Gasteiger partial charge in [0.2, 0.25) is 0 Å². The third kappa shape index (κ3) is 3.81. The van der Waals surface area contributed by atoms with Gasteiger partial charge in [0.05, 0.1) is 0 Å². The smallest absolute Gasteiger partial charge is 0.265 e. The fourth-order valence-corrected chi connectivity index (χ4v) is 3.27. The maximum Gasteiger partial charge on any atom is 0.265 e. The van der Waals surface area contributed by atoms with Crippen molar-refractivity contribution in [2.75, 3.05) is 13.1 Å². The molecule has 1 fully saturated rings. The number of nitrogen functional groups attached to an aromatic ring is 1. The summed E-state index contributed by atoms with van der Waals surface area (Å²) in [6.07, 6.45) is 3.89. The lowest BCUT2D eigenvalue weighted by atomic mass is 9.95. The molecular formula is C15H22BrN3O. The zero-order chi connectivity index (χ0) is 14.5. The minimum atomic E-state index is -0.263. The molecule has 1 amide bonds. The standard InChI is InChI=1S/C15H22BrN3O/c1-2-11-4-3-7-19(9-11)10-13-6-5-12(8-14(13)16)15(20)18-17/h5-6,8,11H,2-4,7,9-10,17H2,1H3,(H,18,20). The van der Waals surface area contributed by atoms with Gasteiger partial charge in [-0.25, -0.2) is 5.84 Å². The Bertz CT molecular complexity index is 478. The van der Waals surface area contributed by atoms with Crippen LogP contribution < -0.4 is 11.3 Å². The number of nitrogens with one attached hydrogen (secondary N) is 1. The van der Waals surface area contributed by atoms with E-state index in [9.17, 15) is 4.79 Å². The van der Waals surface area contributed by atoms with Crippen LogP contribution in [0.2, 0.25) is 0 Å². The SMILES string of the molecule is CCC1CCCN(Cc2ccc(C(=O)NN)cc2Br)C1. The van der Waals surface area contributed by atoms with Crippen LogP contribution in [0.1, 0.15) is 42.1 Å². The third-order valence-corrected chi connectivity index (χ3v) is 4.76. The number of hydrogen-bond donors (Lipinski definition) is 2. The molecule has 0 bridgehead atoms. The van der Waals surface area contributed by atoms with Crippen LogP contribution in [0.4, 0.5) is 0 Å². The van der Waals surface area contributed by atoms with E-state index in [0.717, 1.165) is 23.5 Å². The van der Waals surface area contributed by atoms with Gasteiger partial charge >= 0.3 is 0 Å². The van der Waals surface area contributed by atoms with Crippen molar-refractivity contribution in [2.24, 2.45) is 11.8 Å². The van der Waals surface area contributed by atoms with Gasteiger partial charge < -0.3 is 0 Å². The molecule has 20 heavy (non-hydrogen) atoms. The molecule has 0 radical (unpaired) electrons. The Morgan fingerprint density at radius 2 is 2.35 bits per heavy atom. The molecule has 4 nitrogen and oxygen atoms in total. The van der Waals surface area contributed by atoms with E-state index in [0.29, 0.717) is 5.56 Å². The first-order chi connectivity index (χ1) is 9.63. The largest absolute Gasteiger partial charge is 0.299 e. The molecule has 1 unspecified atom stereocenters. The third-order valence-electron chi connectivity index (χ3n) is 4.02. The van der Waals surface area contributed by atoms with Crippen LogP contribution in [0.3, 0.4) is 0 Å². The Hall–Kier alpha value is -0.910. The predicted molar refractivity (Wildman–Crippen MR) is 84.1 cm³/mol. The normalized spacial score (nSPS) is 19.9. The molecule has 0 aromatic heterocycles. The molecule has 1 aromatic carbocycles. The van der Waals surface area contributed by atoms with Gasteiger partial charge in [-0.2, -0.15) is 0 Å². The van der Waals surface area contributed by atoms with E-state index in [-0.39, 0.29) is 5.91 Å². The molecule has 110 valence electrons. The molecule has 1 saturated heterocycles. The average molecular weight is 340 g/mol. The molecule has 1 aromatic rings. The second-order valence-electron chi connectivity index (χ2n) is 5.43. The number of amides is 1. The van der Waals surface area contributed by atoms with Gasteiger partial charge in [-0.05, 0) is 43.0 Å². The lowest BCUT2D eigenvalue weighted by Gasteiger charge is -2.32. The van der Waals surface area contributed by atoms with Crippen molar-refractivity contribution in [1.82, 2.24) is 10.3 Å². The number of benzene rings is 1. The number of carbonyl (C=O) groups excluding carboxylic acids is 1. The maximum atomic E-state index is 11.5. The fraction of sp³-hybridized carbons (Fsp3) is 0.533. The highest BCUT2D eigenvalue weighted by molar-refractivity contribution is 9.10. The lowest BCUT2D eigenvalue weighted by Crippen LogP contribution is -2.34. The van der Waals surface area contributed by atoms with Crippen LogP contribution in [0, 0.1) is 5.92 Å². The number of carbonyl (C=O) groups is 1. The van der Waals surface area contributed by atoms with Crippen molar-refractivity contribution in [3.8, 4) is 0 Å². The second-order valence-corrected chi connectivity index (χ2v) is 6.29. The summed E-state index contributed by atoms with van der Waals surface area (Å²) in [5, 5.41) is 0. The van der Waals surface area contributed by atoms with Gasteiger partial charge in [0, 0.05) is 23.1 Å². The predicted octanol–water partition coefficient (Wildman–Crippen LogP) is 2.67. The number of nitrogens with zero attached hydrogens (tertiary/aromatic N) is 1. The van der Waals surface area contributed by atoms with E-state index in [1.54, 1.807) is 0 Å². The van der Waals surface area contributed by atoms with Gasteiger partial charge in [0.15, 0.2) is 0 Å². The van der Waals surface area contributed by atoms with E-state index in [2.05, 4.69) is 33.2 Å². The molecule has 5 heteroatoms. The number of halogens is 1. The highest BCUT2D eigenvalue weighted by Crippen LogP contribution is 2.24. The van der Waals surface area contributed by atoms with Gasteiger partial charge in [-0.15, -0.1) is 0 Å². The summed E-state index contributed by atoms with van der Waals surface area (Å²) in [5.74, 6) is 5.71. The van der Waals surface area contributed by atoms with Crippen LogP contribution in [0.5, 0.6) is 0 Å². The Morgan fingerprint density at radius 1 is 1.55 bits per heavy atom. The van der Waals surface area contributed by atoms with Crippen molar-refractivity contribution in [2.45, 2.75) is 32.7 Å². The van der Waals surface area contributed by atoms with E-state index in [4.69, 9.17) is 5.84 Å². The first kappa shape index (κ1) is 15.5. The Morgan fingerprint density at radius 3 is 3.00 bits per heavy atom. The topological polar surface area (TPSA) is 58.4 Å². The van der Waals surface area contributed by atoms with Crippen molar-refractivity contribution >= 4 is 21.8 Å². The molecule has 2 rings (SSSR count). The molecule has 0 aliphatic carbocycles. The first-order valence-electron chi connectivity index (χ1n) is 7.15. The molecule has 0 saturated carbocycles. The first-order valence-corrected chi connectivity index (χ1v) is 7.95. The molecule has 3 N–H and O–H groups in total. The van der Waals surface area contributed by atoms with Gasteiger partial charge in [-0.3, -0.25) is 15.1 Å². The number of likely N-dealkylation sites (tertiary alicyclic amines) is 1. The number of hydrazine groups is 1. The minimum Gasteiger partial charge on any atom is -0.299 e. The zero-order valence-electron chi connectivity index (χ0n) is 11.9. The molecule has 1 atom stereocenters.